The van der Waals surface area contributed by atoms with Crippen LogP contribution in [0.15, 0.2) is 24.3 Å². The molecule has 1 N–H and O–H groups in total. The lowest BCUT2D eigenvalue weighted by atomic mass is 10.0. The van der Waals surface area contributed by atoms with Crippen molar-refractivity contribution >= 4 is 5.91 Å². The Morgan fingerprint density at radius 1 is 1.04 bits per heavy atom. The summed E-state index contributed by atoms with van der Waals surface area (Å²) in [6, 6.07) is 2.63. The fraction of sp³-hybridized carbons (Fsp3) is 0.333. The van der Waals surface area contributed by atoms with Gasteiger partial charge in [-0.1, -0.05) is 0 Å². The molecule has 1 heterocycles. The van der Waals surface area contributed by atoms with Crippen LogP contribution in [0.4, 0.5) is 26.3 Å². The number of aromatic nitrogens is 2. The van der Waals surface area contributed by atoms with Gasteiger partial charge in [-0.2, -0.15) is 31.4 Å². The minimum Gasteiger partial charge on any atom is -0.347 e. The summed E-state index contributed by atoms with van der Waals surface area (Å²) >= 11 is 0. The first-order valence-corrected chi connectivity index (χ1v) is 6.95. The van der Waals surface area contributed by atoms with Crippen LogP contribution < -0.4 is 5.32 Å². The average Bonchev–Trinajstić information content (AvgIpc) is 2.81. The van der Waals surface area contributed by atoms with Gasteiger partial charge in [0.1, 0.15) is 5.69 Å². The van der Waals surface area contributed by atoms with E-state index in [0.717, 1.165) is 0 Å². The second-order valence-corrected chi connectivity index (χ2v) is 5.39. The van der Waals surface area contributed by atoms with Crippen LogP contribution in [0.3, 0.4) is 0 Å². The number of aryl methyl sites for hydroxylation is 2. The summed E-state index contributed by atoms with van der Waals surface area (Å²) in [4.78, 5) is 12.0. The van der Waals surface area contributed by atoms with Crippen molar-refractivity contribution in [1.29, 1.82) is 0 Å². The molecule has 0 spiro atoms. The van der Waals surface area contributed by atoms with Gasteiger partial charge in [-0.05, 0) is 36.8 Å². The van der Waals surface area contributed by atoms with E-state index in [1.165, 1.54) is 17.8 Å². The van der Waals surface area contributed by atoms with Crippen LogP contribution in [-0.2, 0) is 25.9 Å². The van der Waals surface area contributed by atoms with Gasteiger partial charge in [-0.3, -0.25) is 9.48 Å². The topological polar surface area (TPSA) is 46.9 Å². The molecule has 2 rings (SSSR count). The van der Waals surface area contributed by atoms with Gasteiger partial charge in [-0.15, -0.1) is 0 Å². The van der Waals surface area contributed by atoms with E-state index < -0.39 is 35.9 Å². The third kappa shape index (κ3) is 4.52. The standard InChI is InChI=1S/C15H13F6N3O/c1-8-3-12(24(2)23-8)13(25)22-7-9-4-10(14(16,17)18)6-11(5-9)15(19,20)21/h3-6H,7H2,1-2H3,(H,22,25). The third-order valence-corrected chi connectivity index (χ3v) is 3.34. The van der Waals surface area contributed by atoms with Gasteiger partial charge < -0.3 is 5.32 Å². The lowest BCUT2D eigenvalue weighted by Crippen LogP contribution is -2.25. The molecule has 0 aliphatic rings. The van der Waals surface area contributed by atoms with E-state index in [4.69, 9.17) is 0 Å². The molecule has 136 valence electrons. The molecular weight excluding hydrogens is 352 g/mol. The lowest BCUT2D eigenvalue weighted by molar-refractivity contribution is -0.143. The van der Waals surface area contributed by atoms with Crippen molar-refractivity contribution in [3.8, 4) is 0 Å². The number of carbonyl (C=O) groups is 1. The van der Waals surface area contributed by atoms with E-state index in [9.17, 15) is 31.1 Å². The normalized spacial score (nSPS) is 12.3. The molecule has 1 amide bonds. The molecule has 0 fully saturated rings. The number of carbonyl (C=O) groups excluding carboxylic acids is 1. The molecule has 25 heavy (non-hydrogen) atoms. The summed E-state index contributed by atoms with van der Waals surface area (Å²) in [6.07, 6.45) is -9.86. The summed E-state index contributed by atoms with van der Waals surface area (Å²) in [6.45, 7) is 1.15. The first kappa shape index (κ1) is 18.8. The summed E-state index contributed by atoms with van der Waals surface area (Å²) in [5.74, 6) is -0.658. The molecule has 0 aliphatic carbocycles. The van der Waals surface area contributed by atoms with Crippen LogP contribution in [-0.4, -0.2) is 15.7 Å². The second-order valence-electron chi connectivity index (χ2n) is 5.39. The fourth-order valence-electron chi connectivity index (χ4n) is 2.22. The molecule has 0 bridgehead atoms. The van der Waals surface area contributed by atoms with Crippen molar-refractivity contribution in [2.45, 2.75) is 25.8 Å². The Morgan fingerprint density at radius 2 is 1.56 bits per heavy atom. The van der Waals surface area contributed by atoms with Crippen LogP contribution in [0.25, 0.3) is 0 Å². The van der Waals surface area contributed by atoms with E-state index in [2.05, 4.69) is 10.4 Å². The molecule has 10 heteroatoms. The number of hydrogen-bond acceptors (Lipinski definition) is 2. The Balaban J connectivity index is 2.26. The highest BCUT2D eigenvalue weighted by molar-refractivity contribution is 5.92. The average molecular weight is 365 g/mol. The van der Waals surface area contributed by atoms with E-state index in [0.29, 0.717) is 17.8 Å². The maximum absolute atomic E-state index is 12.8. The molecule has 0 aliphatic heterocycles. The zero-order chi connectivity index (χ0) is 19.0. The van der Waals surface area contributed by atoms with Crippen LogP contribution >= 0.6 is 0 Å². The monoisotopic (exact) mass is 365 g/mol. The quantitative estimate of drug-likeness (QED) is 0.844. The first-order chi connectivity index (χ1) is 11.4. The predicted octanol–water partition coefficient (Wildman–Crippen LogP) is 3.70. The van der Waals surface area contributed by atoms with Gasteiger partial charge in [-0.25, -0.2) is 0 Å². The third-order valence-electron chi connectivity index (χ3n) is 3.34. The van der Waals surface area contributed by atoms with Crippen LogP contribution in [0.5, 0.6) is 0 Å². The zero-order valence-corrected chi connectivity index (χ0v) is 13.1. The van der Waals surface area contributed by atoms with E-state index in [1.54, 1.807) is 6.92 Å². The van der Waals surface area contributed by atoms with Gasteiger partial charge >= 0.3 is 12.4 Å². The van der Waals surface area contributed by atoms with Crippen LogP contribution in [0, 0.1) is 6.92 Å². The molecule has 2 aromatic rings. The number of halogens is 6. The number of nitrogens with one attached hydrogen (secondary N) is 1. The number of rotatable bonds is 3. The van der Waals surface area contributed by atoms with Crippen molar-refractivity contribution in [1.82, 2.24) is 15.1 Å². The smallest absolute Gasteiger partial charge is 0.347 e. The van der Waals surface area contributed by atoms with Crippen molar-refractivity contribution in [3.63, 3.8) is 0 Å². The van der Waals surface area contributed by atoms with Gasteiger partial charge in [0.2, 0.25) is 0 Å². The number of nitrogens with zero attached hydrogens (tertiary/aromatic N) is 2. The maximum atomic E-state index is 12.8. The Bertz CT molecular complexity index is 759. The molecular formula is C15H13F6N3O. The zero-order valence-electron chi connectivity index (χ0n) is 13.1. The predicted molar refractivity (Wildman–Crippen MR) is 75.6 cm³/mol. The summed E-state index contributed by atoms with van der Waals surface area (Å²) in [5.41, 5.74) is -2.48. The van der Waals surface area contributed by atoms with E-state index >= 15 is 0 Å². The second kappa shape index (κ2) is 6.41. The number of amides is 1. The first-order valence-electron chi connectivity index (χ1n) is 6.95. The van der Waals surface area contributed by atoms with Gasteiger partial charge in [0.15, 0.2) is 0 Å². The SMILES string of the molecule is Cc1cc(C(=O)NCc2cc(C(F)(F)F)cc(C(F)(F)F)c2)n(C)n1. The molecule has 0 radical (unpaired) electrons. The summed E-state index contributed by atoms with van der Waals surface area (Å²) < 4.78 is 78.0. The van der Waals surface area contributed by atoms with Gasteiger partial charge in [0, 0.05) is 13.6 Å². The molecule has 0 unspecified atom stereocenters. The minimum absolute atomic E-state index is 0.0375. The molecule has 4 nitrogen and oxygen atoms in total. The van der Waals surface area contributed by atoms with Gasteiger partial charge in [0.25, 0.3) is 5.91 Å². The van der Waals surface area contributed by atoms with E-state index in [1.807, 2.05) is 0 Å². The number of alkyl halides is 6. The Labute approximate surface area is 138 Å². The highest BCUT2D eigenvalue weighted by Gasteiger charge is 2.36. The Morgan fingerprint density at radius 3 is 1.96 bits per heavy atom. The largest absolute Gasteiger partial charge is 0.416 e. The molecule has 1 aromatic heterocycles. The highest BCUT2D eigenvalue weighted by Crippen LogP contribution is 2.36. The molecule has 0 atom stereocenters. The minimum atomic E-state index is -4.93. The molecule has 1 aromatic carbocycles. The molecule has 0 saturated heterocycles. The molecule has 0 saturated carbocycles. The fourth-order valence-corrected chi connectivity index (χ4v) is 2.22. The van der Waals surface area contributed by atoms with Crippen LogP contribution in [0.2, 0.25) is 0 Å². The number of hydrogen-bond donors (Lipinski definition) is 1. The Kier molecular flexibility index (Phi) is 4.83. The summed E-state index contributed by atoms with van der Waals surface area (Å²) in [5, 5.41) is 6.23. The summed E-state index contributed by atoms with van der Waals surface area (Å²) in [7, 11) is 1.49. The van der Waals surface area contributed by atoms with Crippen molar-refractivity contribution < 1.29 is 31.1 Å². The lowest BCUT2D eigenvalue weighted by Gasteiger charge is -2.14. The van der Waals surface area contributed by atoms with Gasteiger partial charge in [0.05, 0.1) is 16.8 Å². The Hall–Kier alpha value is -2.52. The van der Waals surface area contributed by atoms with Crippen molar-refractivity contribution in [3.05, 3.63) is 52.3 Å². The van der Waals surface area contributed by atoms with Crippen molar-refractivity contribution in [2.24, 2.45) is 7.05 Å². The maximum Gasteiger partial charge on any atom is 0.416 e. The van der Waals surface area contributed by atoms with Crippen LogP contribution in [0.1, 0.15) is 32.9 Å². The highest BCUT2D eigenvalue weighted by atomic mass is 19.4. The van der Waals surface area contributed by atoms with Crippen molar-refractivity contribution in [2.75, 3.05) is 0 Å². The van der Waals surface area contributed by atoms with E-state index in [-0.39, 0.29) is 17.3 Å². The number of benzene rings is 1.